The molecule has 0 saturated carbocycles. The monoisotopic (exact) mass is 265 g/mol. The highest BCUT2D eigenvalue weighted by Crippen LogP contribution is 2.25. The predicted octanol–water partition coefficient (Wildman–Crippen LogP) is 1.78. The maximum absolute atomic E-state index is 12.0. The number of likely N-dealkylation sites (N-methyl/N-ethyl adjacent to an activating group) is 1. The molecule has 19 heavy (non-hydrogen) atoms. The van der Waals surface area contributed by atoms with Crippen molar-refractivity contribution in [2.45, 2.75) is 20.8 Å². The second-order valence-electron chi connectivity index (χ2n) is 5.54. The first-order chi connectivity index (χ1) is 8.62. The fraction of sp³-hybridized carbons (Fsp3) is 0.429. The number of hydrogen-bond donors (Lipinski definition) is 2. The molecule has 0 atom stereocenters. The Kier molecular flexibility index (Phi) is 4.19. The molecule has 0 aromatic heterocycles. The molecule has 0 aliphatic rings. The van der Waals surface area contributed by atoms with Crippen molar-refractivity contribution in [3.8, 4) is 11.5 Å². The summed E-state index contributed by atoms with van der Waals surface area (Å²) in [5.74, 6) is -1.06. The second-order valence-corrected chi connectivity index (χ2v) is 5.54. The molecule has 0 heterocycles. The fourth-order valence-corrected chi connectivity index (χ4v) is 1.65. The second kappa shape index (κ2) is 5.30. The van der Waals surface area contributed by atoms with E-state index < -0.39 is 5.41 Å². The van der Waals surface area contributed by atoms with Crippen LogP contribution in [0, 0.1) is 5.41 Å². The Hall–Kier alpha value is -2.04. The minimum atomic E-state index is -0.549. The van der Waals surface area contributed by atoms with Crippen LogP contribution < -0.4 is 0 Å². The molecule has 0 unspecified atom stereocenters. The van der Waals surface area contributed by atoms with Gasteiger partial charge in [-0.15, -0.1) is 0 Å². The van der Waals surface area contributed by atoms with Gasteiger partial charge in [0.15, 0.2) is 17.3 Å². The zero-order valence-electron chi connectivity index (χ0n) is 11.6. The molecular formula is C14H19NO4. The van der Waals surface area contributed by atoms with Crippen LogP contribution in [0.25, 0.3) is 0 Å². The van der Waals surface area contributed by atoms with Crippen molar-refractivity contribution >= 4 is 11.7 Å². The van der Waals surface area contributed by atoms with Crippen molar-refractivity contribution in [1.29, 1.82) is 0 Å². The van der Waals surface area contributed by atoms with E-state index in [-0.39, 0.29) is 35.3 Å². The van der Waals surface area contributed by atoms with Gasteiger partial charge in [0.2, 0.25) is 5.91 Å². The Morgan fingerprint density at radius 1 is 1.16 bits per heavy atom. The lowest BCUT2D eigenvalue weighted by Crippen LogP contribution is -2.39. The number of Topliss-reactive ketones (excluding diaryl/α,β-unsaturated/α-hetero) is 1. The normalized spacial score (nSPS) is 11.2. The van der Waals surface area contributed by atoms with Gasteiger partial charge in [-0.05, 0) is 18.2 Å². The summed E-state index contributed by atoms with van der Waals surface area (Å²) in [5.41, 5.74) is -0.296. The topological polar surface area (TPSA) is 77.8 Å². The standard InChI is InChI=1S/C14H19NO4/c1-14(2,3)13(19)15(4)8-12(18)9-5-6-10(16)11(17)7-9/h5-7,16-17H,8H2,1-4H3. The van der Waals surface area contributed by atoms with Gasteiger partial charge in [-0.1, -0.05) is 20.8 Å². The summed E-state index contributed by atoms with van der Waals surface area (Å²) in [7, 11) is 1.56. The molecule has 2 N–H and O–H groups in total. The Morgan fingerprint density at radius 2 is 1.74 bits per heavy atom. The number of ketones is 1. The van der Waals surface area contributed by atoms with Crippen LogP contribution in [0.1, 0.15) is 31.1 Å². The molecule has 0 saturated heterocycles. The van der Waals surface area contributed by atoms with Crippen molar-refractivity contribution in [2.75, 3.05) is 13.6 Å². The summed E-state index contributed by atoms with van der Waals surface area (Å²) in [6.45, 7) is 5.27. The van der Waals surface area contributed by atoms with E-state index in [1.165, 1.54) is 23.1 Å². The molecule has 1 aromatic rings. The summed E-state index contributed by atoms with van der Waals surface area (Å²) in [6, 6.07) is 3.84. The third kappa shape index (κ3) is 3.71. The van der Waals surface area contributed by atoms with Gasteiger partial charge in [-0.3, -0.25) is 9.59 Å². The number of nitrogens with zero attached hydrogens (tertiary/aromatic N) is 1. The van der Waals surface area contributed by atoms with Gasteiger partial charge in [-0.25, -0.2) is 0 Å². The number of rotatable bonds is 3. The van der Waals surface area contributed by atoms with Gasteiger partial charge in [0.05, 0.1) is 6.54 Å². The van der Waals surface area contributed by atoms with Crippen LogP contribution in [-0.4, -0.2) is 40.4 Å². The molecule has 0 spiro atoms. The van der Waals surface area contributed by atoms with Gasteiger partial charge >= 0.3 is 0 Å². The molecule has 1 rings (SSSR count). The summed E-state index contributed by atoms with van der Waals surface area (Å²) >= 11 is 0. The third-order valence-corrected chi connectivity index (χ3v) is 2.67. The molecular weight excluding hydrogens is 246 g/mol. The zero-order valence-corrected chi connectivity index (χ0v) is 11.6. The molecule has 5 nitrogen and oxygen atoms in total. The number of phenols is 2. The van der Waals surface area contributed by atoms with Gasteiger partial charge in [0.25, 0.3) is 0 Å². The van der Waals surface area contributed by atoms with E-state index in [4.69, 9.17) is 0 Å². The quantitative estimate of drug-likeness (QED) is 0.645. The average Bonchev–Trinajstić information content (AvgIpc) is 2.30. The van der Waals surface area contributed by atoms with E-state index in [1.807, 2.05) is 0 Å². The lowest BCUT2D eigenvalue weighted by molar-refractivity contribution is -0.137. The van der Waals surface area contributed by atoms with E-state index in [2.05, 4.69) is 0 Å². The number of amides is 1. The van der Waals surface area contributed by atoms with E-state index in [0.29, 0.717) is 0 Å². The van der Waals surface area contributed by atoms with Crippen molar-refractivity contribution in [3.63, 3.8) is 0 Å². The molecule has 1 amide bonds. The highest BCUT2D eigenvalue weighted by atomic mass is 16.3. The summed E-state index contributed by atoms with van der Waals surface area (Å²) in [4.78, 5) is 25.3. The predicted molar refractivity (Wildman–Crippen MR) is 71.2 cm³/mol. The van der Waals surface area contributed by atoms with Crippen LogP contribution in [-0.2, 0) is 4.79 Å². The first-order valence-electron chi connectivity index (χ1n) is 5.93. The van der Waals surface area contributed by atoms with Gasteiger partial charge in [0, 0.05) is 18.0 Å². The average molecular weight is 265 g/mol. The van der Waals surface area contributed by atoms with Crippen molar-refractivity contribution in [3.05, 3.63) is 23.8 Å². The van der Waals surface area contributed by atoms with Crippen LogP contribution in [0.5, 0.6) is 11.5 Å². The first kappa shape index (κ1) is 15.0. The summed E-state index contributed by atoms with van der Waals surface area (Å²) < 4.78 is 0. The highest BCUT2D eigenvalue weighted by molar-refractivity contribution is 6.00. The largest absolute Gasteiger partial charge is 0.504 e. The first-order valence-corrected chi connectivity index (χ1v) is 5.93. The Morgan fingerprint density at radius 3 is 2.21 bits per heavy atom. The Labute approximate surface area is 112 Å². The molecule has 0 bridgehead atoms. The van der Waals surface area contributed by atoms with Crippen molar-refractivity contribution in [2.24, 2.45) is 5.41 Å². The van der Waals surface area contributed by atoms with Crippen LogP contribution >= 0.6 is 0 Å². The number of carbonyl (C=O) groups excluding carboxylic acids is 2. The van der Waals surface area contributed by atoms with Gasteiger partial charge in [0.1, 0.15) is 0 Å². The minimum Gasteiger partial charge on any atom is -0.504 e. The number of carbonyl (C=O) groups is 2. The van der Waals surface area contributed by atoms with Gasteiger partial charge < -0.3 is 15.1 Å². The molecule has 0 aliphatic heterocycles. The SMILES string of the molecule is CN(CC(=O)c1ccc(O)c(O)c1)C(=O)C(C)(C)C. The van der Waals surface area contributed by atoms with Crippen LogP contribution in [0.3, 0.4) is 0 Å². The maximum Gasteiger partial charge on any atom is 0.228 e. The van der Waals surface area contributed by atoms with Crippen molar-refractivity contribution in [1.82, 2.24) is 4.90 Å². The fourth-order valence-electron chi connectivity index (χ4n) is 1.65. The van der Waals surface area contributed by atoms with E-state index in [9.17, 15) is 19.8 Å². The number of benzene rings is 1. The smallest absolute Gasteiger partial charge is 0.228 e. The minimum absolute atomic E-state index is 0.0691. The highest BCUT2D eigenvalue weighted by Gasteiger charge is 2.26. The number of aromatic hydroxyl groups is 2. The molecule has 0 aliphatic carbocycles. The van der Waals surface area contributed by atoms with E-state index in [1.54, 1.807) is 27.8 Å². The number of phenolic OH excluding ortho intramolecular Hbond substituents is 2. The molecule has 0 fully saturated rings. The van der Waals surface area contributed by atoms with Crippen LogP contribution in [0.2, 0.25) is 0 Å². The molecule has 104 valence electrons. The molecule has 1 aromatic carbocycles. The maximum atomic E-state index is 12.0. The number of hydrogen-bond acceptors (Lipinski definition) is 4. The summed E-state index contributed by atoms with van der Waals surface area (Å²) in [6.07, 6.45) is 0. The lowest BCUT2D eigenvalue weighted by atomic mass is 9.94. The van der Waals surface area contributed by atoms with E-state index in [0.717, 1.165) is 0 Å². The molecule has 5 heteroatoms. The lowest BCUT2D eigenvalue weighted by Gasteiger charge is -2.25. The third-order valence-electron chi connectivity index (χ3n) is 2.67. The van der Waals surface area contributed by atoms with Gasteiger partial charge in [-0.2, -0.15) is 0 Å². The van der Waals surface area contributed by atoms with Crippen LogP contribution in [0.4, 0.5) is 0 Å². The van der Waals surface area contributed by atoms with E-state index >= 15 is 0 Å². The zero-order chi connectivity index (χ0) is 14.8. The Bertz CT molecular complexity index is 503. The van der Waals surface area contributed by atoms with Crippen LogP contribution in [0.15, 0.2) is 18.2 Å². The Balaban J connectivity index is 2.80. The molecule has 0 radical (unpaired) electrons. The van der Waals surface area contributed by atoms with Crippen molar-refractivity contribution < 1.29 is 19.8 Å². The summed E-state index contributed by atoms with van der Waals surface area (Å²) in [5, 5.41) is 18.5.